The molecule has 0 amide bonds. The van der Waals surface area contributed by atoms with E-state index in [2.05, 4.69) is 15.9 Å². The fourth-order valence-corrected chi connectivity index (χ4v) is 1.45. The summed E-state index contributed by atoms with van der Waals surface area (Å²) < 4.78 is 25.8. The molecule has 0 aliphatic rings. The first kappa shape index (κ1) is 13.8. The molecule has 0 saturated heterocycles. The minimum atomic E-state index is -0.567. The van der Waals surface area contributed by atoms with Gasteiger partial charge in [0, 0.05) is 16.1 Å². The molecule has 0 unspecified atom stereocenters. The topological polar surface area (TPSA) is 26.0 Å². The molecule has 0 saturated carbocycles. The Morgan fingerprint density at radius 1 is 1.43 bits per heavy atom. The maximum Gasteiger partial charge on any atom is 0.128 e. The Labute approximate surface area is 96.2 Å². The number of rotatable bonds is 3. The first-order valence-electron chi connectivity index (χ1n) is 3.91. The third kappa shape index (κ3) is 3.52. The maximum absolute atomic E-state index is 13.1. The number of hydrogen-bond donors (Lipinski definition) is 1. The Hall–Kier alpha value is -0.190. The second-order valence-corrected chi connectivity index (χ2v) is 3.67. The zero-order valence-corrected chi connectivity index (χ0v) is 9.75. The van der Waals surface area contributed by atoms with E-state index in [0.29, 0.717) is 5.56 Å². The van der Waals surface area contributed by atoms with Crippen LogP contribution in [0.3, 0.4) is 0 Å². The van der Waals surface area contributed by atoms with Crippen molar-refractivity contribution >= 4 is 28.3 Å². The predicted octanol–water partition coefficient (Wildman–Crippen LogP) is 3.37. The van der Waals surface area contributed by atoms with Crippen LogP contribution in [-0.2, 0) is 0 Å². The predicted molar refractivity (Wildman–Crippen MR) is 58.9 cm³/mol. The van der Waals surface area contributed by atoms with Crippen LogP contribution in [0.25, 0.3) is 0 Å². The van der Waals surface area contributed by atoms with Crippen LogP contribution in [0, 0.1) is 5.82 Å². The van der Waals surface area contributed by atoms with Gasteiger partial charge in [0.2, 0.25) is 0 Å². The van der Waals surface area contributed by atoms with Gasteiger partial charge in [0.05, 0.1) is 6.67 Å². The minimum Gasteiger partial charge on any atom is -0.324 e. The monoisotopic (exact) mass is 285 g/mol. The summed E-state index contributed by atoms with van der Waals surface area (Å²) in [6, 6.07) is 3.91. The van der Waals surface area contributed by atoms with E-state index in [1.54, 1.807) is 12.1 Å². The van der Waals surface area contributed by atoms with Gasteiger partial charge in [-0.15, -0.1) is 12.4 Å². The molecule has 0 aliphatic carbocycles. The maximum atomic E-state index is 13.1. The number of hydrogen-bond acceptors (Lipinski definition) is 1. The highest BCUT2D eigenvalue weighted by molar-refractivity contribution is 9.10. The molecule has 0 spiro atoms. The van der Waals surface area contributed by atoms with Crippen molar-refractivity contribution in [2.75, 3.05) is 6.67 Å². The fraction of sp³-hybridized carbons (Fsp3) is 0.333. The van der Waals surface area contributed by atoms with Crippen molar-refractivity contribution in [1.82, 2.24) is 0 Å². The summed E-state index contributed by atoms with van der Waals surface area (Å²) in [5.74, 6) is -0.385. The summed E-state index contributed by atoms with van der Waals surface area (Å²) in [7, 11) is 0. The van der Waals surface area contributed by atoms with Gasteiger partial charge >= 0.3 is 0 Å². The number of benzene rings is 1. The van der Waals surface area contributed by atoms with Crippen LogP contribution >= 0.6 is 28.3 Å². The number of alkyl halides is 1. The molecule has 2 N–H and O–H groups in total. The standard InChI is InChI=1S/C9H10BrF2N.ClH/c10-6-1-2-8(12)7(5-6)9(13)3-4-11;/h1-2,5,9H,3-4,13H2;1H/t9-;/m0./s1. The van der Waals surface area contributed by atoms with Crippen LogP contribution in [0.1, 0.15) is 18.0 Å². The molecule has 0 fully saturated rings. The molecule has 1 aromatic rings. The zero-order valence-electron chi connectivity index (χ0n) is 7.34. The van der Waals surface area contributed by atoms with Crippen molar-refractivity contribution in [2.24, 2.45) is 5.73 Å². The van der Waals surface area contributed by atoms with Crippen molar-refractivity contribution in [3.05, 3.63) is 34.1 Å². The van der Waals surface area contributed by atoms with Crippen LogP contribution in [0.4, 0.5) is 8.78 Å². The Morgan fingerprint density at radius 2 is 2.07 bits per heavy atom. The summed E-state index contributed by atoms with van der Waals surface area (Å²) in [5.41, 5.74) is 5.93. The Kier molecular flexibility index (Phi) is 6.24. The highest BCUT2D eigenvalue weighted by Crippen LogP contribution is 2.22. The molecule has 1 atom stereocenters. The van der Waals surface area contributed by atoms with E-state index in [4.69, 9.17) is 5.73 Å². The molecule has 0 bridgehead atoms. The molecule has 1 aromatic carbocycles. The van der Waals surface area contributed by atoms with E-state index in [1.165, 1.54) is 6.07 Å². The van der Waals surface area contributed by atoms with E-state index in [9.17, 15) is 8.78 Å². The van der Waals surface area contributed by atoms with Crippen molar-refractivity contribution < 1.29 is 8.78 Å². The van der Waals surface area contributed by atoms with Gasteiger partial charge in [-0.2, -0.15) is 0 Å². The van der Waals surface area contributed by atoms with Crippen molar-refractivity contribution in [3.8, 4) is 0 Å². The van der Waals surface area contributed by atoms with Gasteiger partial charge < -0.3 is 5.73 Å². The summed E-state index contributed by atoms with van der Waals surface area (Å²) in [6.07, 6.45) is 0.146. The fourth-order valence-electron chi connectivity index (χ4n) is 1.07. The average molecular weight is 287 g/mol. The molecule has 0 aliphatic heterocycles. The SMILES string of the molecule is Cl.N[C@@H](CCF)c1cc(Br)ccc1F. The van der Waals surface area contributed by atoms with Crippen molar-refractivity contribution in [2.45, 2.75) is 12.5 Å². The Morgan fingerprint density at radius 3 is 2.64 bits per heavy atom. The lowest BCUT2D eigenvalue weighted by molar-refractivity contribution is 0.435. The van der Waals surface area contributed by atoms with Gasteiger partial charge in [-0.3, -0.25) is 4.39 Å². The first-order valence-corrected chi connectivity index (χ1v) is 4.71. The quantitative estimate of drug-likeness (QED) is 0.906. The molecule has 0 aromatic heterocycles. The Bertz CT molecular complexity index is 296. The smallest absolute Gasteiger partial charge is 0.128 e. The van der Waals surface area contributed by atoms with Crippen LogP contribution in [0.15, 0.2) is 22.7 Å². The molecule has 14 heavy (non-hydrogen) atoms. The van der Waals surface area contributed by atoms with Crippen LogP contribution in [0.2, 0.25) is 0 Å². The van der Waals surface area contributed by atoms with Crippen molar-refractivity contribution in [3.63, 3.8) is 0 Å². The third-order valence-corrected chi connectivity index (χ3v) is 2.27. The zero-order chi connectivity index (χ0) is 9.84. The van der Waals surface area contributed by atoms with Gasteiger partial charge in [-0.25, -0.2) is 4.39 Å². The lowest BCUT2D eigenvalue weighted by Crippen LogP contribution is -2.12. The minimum absolute atomic E-state index is 0. The lowest BCUT2D eigenvalue weighted by Gasteiger charge is -2.10. The third-order valence-electron chi connectivity index (χ3n) is 1.78. The first-order chi connectivity index (χ1) is 6.15. The summed E-state index contributed by atoms with van der Waals surface area (Å²) >= 11 is 3.20. The van der Waals surface area contributed by atoms with Gasteiger partial charge in [0.25, 0.3) is 0 Å². The highest BCUT2D eigenvalue weighted by atomic mass is 79.9. The van der Waals surface area contributed by atoms with Crippen LogP contribution in [-0.4, -0.2) is 6.67 Å². The summed E-state index contributed by atoms with van der Waals surface area (Å²) in [6.45, 7) is -0.535. The number of nitrogens with two attached hydrogens (primary N) is 1. The second-order valence-electron chi connectivity index (χ2n) is 2.75. The van der Waals surface area contributed by atoms with E-state index in [0.717, 1.165) is 4.47 Å². The molecular formula is C9H11BrClF2N. The molecule has 1 rings (SSSR count). The van der Waals surface area contributed by atoms with Gasteiger partial charge in [0.15, 0.2) is 0 Å². The van der Waals surface area contributed by atoms with Crippen LogP contribution in [0.5, 0.6) is 0 Å². The Balaban J connectivity index is 0.00000169. The molecule has 0 heterocycles. The summed E-state index contributed by atoms with van der Waals surface area (Å²) in [4.78, 5) is 0. The van der Waals surface area contributed by atoms with Gasteiger partial charge in [-0.05, 0) is 24.6 Å². The van der Waals surface area contributed by atoms with E-state index >= 15 is 0 Å². The van der Waals surface area contributed by atoms with Crippen LogP contribution < -0.4 is 5.73 Å². The average Bonchev–Trinajstić information content (AvgIpc) is 2.09. The van der Waals surface area contributed by atoms with E-state index < -0.39 is 12.7 Å². The molecule has 1 nitrogen and oxygen atoms in total. The number of halogens is 4. The molecular weight excluding hydrogens is 275 g/mol. The summed E-state index contributed by atoms with van der Waals surface area (Å²) in [5, 5.41) is 0. The van der Waals surface area contributed by atoms with Crippen molar-refractivity contribution in [1.29, 1.82) is 0 Å². The molecule has 80 valence electrons. The van der Waals surface area contributed by atoms with Gasteiger partial charge in [0.1, 0.15) is 5.82 Å². The lowest BCUT2D eigenvalue weighted by atomic mass is 10.1. The van der Waals surface area contributed by atoms with Gasteiger partial charge in [-0.1, -0.05) is 15.9 Å². The molecule has 5 heteroatoms. The largest absolute Gasteiger partial charge is 0.324 e. The molecule has 0 radical (unpaired) electrons. The van der Waals surface area contributed by atoms with E-state index in [-0.39, 0.29) is 24.6 Å². The van der Waals surface area contributed by atoms with E-state index in [1.807, 2.05) is 0 Å². The highest BCUT2D eigenvalue weighted by Gasteiger charge is 2.11. The second kappa shape index (κ2) is 6.32. The normalized spacial score (nSPS) is 12.0.